The Hall–Kier alpha value is -2.99. The van der Waals surface area contributed by atoms with Crippen LogP contribution >= 0.6 is 0 Å². The summed E-state index contributed by atoms with van der Waals surface area (Å²) in [6.07, 6.45) is 0. The summed E-state index contributed by atoms with van der Waals surface area (Å²) in [7, 11) is 0. The lowest BCUT2D eigenvalue weighted by atomic mass is 10.1. The molecule has 0 aliphatic heterocycles. The summed E-state index contributed by atoms with van der Waals surface area (Å²) in [5.41, 5.74) is 2.33. The summed E-state index contributed by atoms with van der Waals surface area (Å²) >= 11 is 0. The van der Waals surface area contributed by atoms with Gasteiger partial charge in [0, 0.05) is 11.6 Å². The summed E-state index contributed by atoms with van der Waals surface area (Å²) in [4.78, 5) is 12.3. The van der Waals surface area contributed by atoms with Gasteiger partial charge >= 0.3 is 0 Å². The predicted molar refractivity (Wildman–Crippen MR) is 105 cm³/mol. The summed E-state index contributed by atoms with van der Waals surface area (Å²) in [6, 6.07) is 17.5. The van der Waals surface area contributed by atoms with Gasteiger partial charge in [-0.2, -0.15) is 5.10 Å². The summed E-state index contributed by atoms with van der Waals surface area (Å²) in [5.74, 6) is 0.528. The number of nitrogens with one attached hydrogen (secondary N) is 2. The van der Waals surface area contributed by atoms with Crippen LogP contribution in [0.15, 0.2) is 60.7 Å². The lowest BCUT2D eigenvalue weighted by molar-refractivity contribution is -0.115. The molecule has 0 aliphatic rings. The molecule has 0 fully saturated rings. The first-order chi connectivity index (χ1) is 13.0. The Morgan fingerprint density at radius 1 is 1.11 bits per heavy atom. The molecule has 1 heterocycles. The normalized spacial score (nSPS) is 11.0. The van der Waals surface area contributed by atoms with Gasteiger partial charge in [-0.1, -0.05) is 44.2 Å². The molecule has 0 atom stereocenters. The van der Waals surface area contributed by atoms with Gasteiger partial charge < -0.3 is 10.6 Å². The fraction of sp³-hybridized carbons (Fsp3) is 0.238. The van der Waals surface area contributed by atoms with E-state index < -0.39 is 0 Å². The van der Waals surface area contributed by atoms with E-state index in [0.29, 0.717) is 17.4 Å². The minimum atomic E-state index is -0.322. The Morgan fingerprint density at radius 3 is 2.48 bits per heavy atom. The molecule has 3 rings (SSSR count). The Balaban J connectivity index is 1.87. The highest BCUT2D eigenvalue weighted by molar-refractivity contribution is 5.92. The zero-order valence-corrected chi connectivity index (χ0v) is 15.4. The average Bonchev–Trinajstić information content (AvgIpc) is 3.06. The molecule has 0 spiro atoms. The maximum atomic E-state index is 13.3. The van der Waals surface area contributed by atoms with Crippen molar-refractivity contribution in [3.63, 3.8) is 0 Å². The summed E-state index contributed by atoms with van der Waals surface area (Å²) in [6.45, 7) is 5.15. The Labute approximate surface area is 158 Å². The zero-order valence-electron chi connectivity index (χ0n) is 15.4. The SMILES string of the molecule is CC(C)CNCC(=O)Nc1cc(-c2ccccc2)nn1-c1ccc(F)cc1. The number of halogens is 1. The van der Waals surface area contributed by atoms with E-state index in [4.69, 9.17) is 0 Å². The van der Waals surface area contributed by atoms with E-state index in [1.807, 2.05) is 36.4 Å². The predicted octanol–water partition coefficient (Wildman–Crippen LogP) is 3.86. The minimum absolute atomic E-state index is 0.154. The summed E-state index contributed by atoms with van der Waals surface area (Å²) in [5, 5.41) is 10.6. The first kappa shape index (κ1) is 18.8. The molecule has 6 heteroatoms. The van der Waals surface area contributed by atoms with E-state index >= 15 is 0 Å². The van der Waals surface area contributed by atoms with Crippen LogP contribution in [0.4, 0.5) is 10.2 Å². The standard InChI is InChI=1S/C21H23FN4O/c1-15(2)13-23-14-21(27)24-20-12-19(16-6-4-3-5-7-16)25-26(20)18-10-8-17(22)9-11-18/h3-12,15,23H,13-14H2,1-2H3,(H,24,27). The molecule has 0 aliphatic carbocycles. The average molecular weight is 366 g/mol. The zero-order chi connectivity index (χ0) is 19.2. The van der Waals surface area contributed by atoms with Crippen molar-refractivity contribution in [3.8, 4) is 16.9 Å². The molecule has 140 valence electrons. The molecule has 0 saturated heterocycles. The highest BCUT2D eigenvalue weighted by Gasteiger charge is 2.14. The number of hydrogen-bond donors (Lipinski definition) is 2. The van der Waals surface area contributed by atoms with Gasteiger partial charge in [-0.05, 0) is 36.7 Å². The topological polar surface area (TPSA) is 59.0 Å². The number of benzene rings is 2. The van der Waals surface area contributed by atoms with Crippen LogP contribution in [0, 0.1) is 11.7 Å². The van der Waals surface area contributed by atoms with E-state index in [9.17, 15) is 9.18 Å². The van der Waals surface area contributed by atoms with Gasteiger partial charge in [-0.15, -0.1) is 0 Å². The number of anilines is 1. The Kier molecular flexibility index (Phi) is 5.98. The molecule has 0 unspecified atom stereocenters. The lowest BCUT2D eigenvalue weighted by Crippen LogP contribution is -2.31. The van der Waals surface area contributed by atoms with Gasteiger partial charge in [0.2, 0.25) is 5.91 Å². The van der Waals surface area contributed by atoms with Crippen LogP contribution in [-0.4, -0.2) is 28.8 Å². The third-order valence-electron chi connectivity index (χ3n) is 3.96. The second-order valence-corrected chi connectivity index (χ2v) is 6.74. The molecule has 1 aromatic heterocycles. The number of carbonyl (C=O) groups excluding carboxylic acids is 1. The maximum Gasteiger partial charge on any atom is 0.239 e. The molecule has 0 saturated carbocycles. The van der Waals surface area contributed by atoms with Crippen molar-refractivity contribution < 1.29 is 9.18 Å². The fourth-order valence-corrected chi connectivity index (χ4v) is 2.66. The van der Waals surface area contributed by atoms with Crippen LogP contribution < -0.4 is 10.6 Å². The quantitative estimate of drug-likeness (QED) is 0.667. The van der Waals surface area contributed by atoms with Gasteiger partial charge in [-0.3, -0.25) is 4.79 Å². The molecule has 0 radical (unpaired) electrons. The van der Waals surface area contributed by atoms with E-state index in [-0.39, 0.29) is 18.3 Å². The van der Waals surface area contributed by atoms with Gasteiger partial charge in [0.1, 0.15) is 11.6 Å². The highest BCUT2D eigenvalue weighted by Crippen LogP contribution is 2.24. The maximum absolute atomic E-state index is 13.3. The molecule has 5 nitrogen and oxygen atoms in total. The minimum Gasteiger partial charge on any atom is -0.309 e. The number of aromatic nitrogens is 2. The molecule has 2 aromatic carbocycles. The van der Waals surface area contributed by atoms with Gasteiger partial charge in [0.05, 0.1) is 17.9 Å². The largest absolute Gasteiger partial charge is 0.309 e. The van der Waals surface area contributed by atoms with Crippen LogP contribution in [0.2, 0.25) is 0 Å². The second kappa shape index (κ2) is 8.60. The smallest absolute Gasteiger partial charge is 0.239 e. The van der Waals surface area contributed by atoms with Crippen LogP contribution in [0.1, 0.15) is 13.8 Å². The first-order valence-corrected chi connectivity index (χ1v) is 8.95. The van der Waals surface area contributed by atoms with E-state index in [1.165, 1.54) is 12.1 Å². The molecule has 3 aromatic rings. The molecular weight excluding hydrogens is 343 g/mol. The van der Waals surface area contributed by atoms with Crippen LogP contribution in [0.5, 0.6) is 0 Å². The van der Waals surface area contributed by atoms with E-state index in [2.05, 4.69) is 29.6 Å². The number of nitrogens with zero attached hydrogens (tertiary/aromatic N) is 2. The summed E-state index contributed by atoms with van der Waals surface area (Å²) < 4.78 is 14.9. The van der Waals surface area contributed by atoms with E-state index in [1.54, 1.807) is 16.8 Å². The van der Waals surface area contributed by atoms with Crippen molar-refractivity contribution in [2.24, 2.45) is 5.92 Å². The Morgan fingerprint density at radius 2 is 1.81 bits per heavy atom. The van der Waals surface area contributed by atoms with Crippen molar-refractivity contribution in [1.82, 2.24) is 15.1 Å². The number of rotatable bonds is 7. The molecule has 0 bridgehead atoms. The van der Waals surface area contributed by atoms with Gasteiger partial charge in [0.25, 0.3) is 0 Å². The van der Waals surface area contributed by atoms with Crippen molar-refractivity contribution in [2.45, 2.75) is 13.8 Å². The molecule has 1 amide bonds. The second-order valence-electron chi connectivity index (χ2n) is 6.74. The van der Waals surface area contributed by atoms with Crippen molar-refractivity contribution in [2.75, 3.05) is 18.4 Å². The van der Waals surface area contributed by atoms with Gasteiger partial charge in [0.15, 0.2) is 0 Å². The molecular formula is C21H23FN4O. The number of hydrogen-bond acceptors (Lipinski definition) is 3. The lowest BCUT2D eigenvalue weighted by Gasteiger charge is -2.10. The van der Waals surface area contributed by atoms with Crippen molar-refractivity contribution >= 4 is 11.7 Å². The van der Waals surface area contributed by atoms with Crippen molar-refractivity contribution in [3.05, 3.63) is 66.5 Å². The molecule has 2 N–H and O–H groups in total. The van der Waals surface area contributed by atoms with Crippen LogP contribution in [0.25, 0.3) is 16.9 Å². The molecule has 27 heavy (non-hydrogen) atoms. The van der Waals surface area contributed by atoms with Crippen LogP contribution in [-0.2, 0) is 4.79 Å². The van der Waals surface area contributed by atoms with Crippen molar-refractivity contribution in [1.29, 1.82) is 0 Å². The number of carbonyl (C=O) groups is 1. The fourth-order valence-electron chi connectivity index (χ4n) is 2.66. The monoisotopic (exact) mass is 366 g/mol. The first-order valence-electron chi connectivity index (χ1n) is 8.95. The Bertz CT molecular complexity index is 888. The van der Waals surface area contributed by atoms with Crippen LogP contribution in [0.3, 0.4) is 0 Å². The number of amides is 1. The van der Waals surface area contributed by atoms with E-state index in [0.717, 1.165) is 17.8 Å². The third-order valence-corrected chi connectivity index (χ3v) is 3.96. The third kappa shape index (κ3) is 5.01. The van der Waals surface area contributed by atoms with Gasteiger partial charge in [-0.25, -0.2) is 9.07 Å². The highest BCUT2D eigenvalue weighted by atomic mass is 19.1.